The number of hydroxylamine groups is 2. The lowest BCUT2D eigenvalue weighted by molar-refractivity contribution is -0.240. The molecule has 1 fully saturated rings. The molecule has 0 unspecified atom stereocenters. The number of piperidine rings is 1. The van der Waals surface area contributed by atoms with Gasteiger partial charge in [0.25, 0.3) is 0 Å². The summed E-state index contributed by atoms with van der Waals surface area (Å²) in [4.78, 5) is 18.5. The first kappa shape index (κ1) is 22.7. The summed E-state index contributed by atoms with van der Waals surface area (Å²) in [7, 11) is 0. The third-order valence-electron chi connectivity index (χ3n) is 5.71. The molecule has 28 heavy (non-hydrogen) atoms. The third kappa shape index (κ3) is 6.51. The minimum Gasteiger partial charge on any atom is -0.494 e. The van der Waals surface area contributed by atoms with Gasteiger partial charge in [0.2, 0.25) is 0 Å². The maximum absolute atomic E-state index is 12.7. The lowest BCUT2D eigenvalue weighted by Gasteiger charge is -2.50. The van der Waals surface area contributed by atoms with E-state index in [1.165, 1.54) is 32.1 Å². The van der Waals surface area contributed by atoms with Gasteiger partial charge in [-0.15, -0.1) is 5.06 Å². The van der Waals surface area contributed by atoms with Gasteiger partial charge in [-0.1, -0.05) is 39.0 Å². The normalized spacial score (nSPS) is 18.6. The van der Waals surface area contributed by atoms with Gasteiger partial charge in [-0.2, -0.15) is 0 Å². The molecule has 1 saturated heterocycles. The monoisotopic (exact) mass is 389 g/mol. The predicted molar refractivity (Wildman–Crippen MR) is 115 cm³/mol. The van der Waals surface area contributed by atoms with Crippen molar-refractivity contribution in [1.29, 1.82) is 0 Å². The van der Waals surface area contributed by atoms with E-state index in [4.69, 9.17) is 9.57 Å². The fraction of sp³-hybridized carbons (Fsp3) is 0.708. The Morgan fingerprint density at radius 3 is 2.11 bits per heavy atom. The third-order valence-corrected chi connectivity index (χ3v) is 5.71. The zero-order chi connectivity index (χ0) is 20.6. The highest BCUT2D eigenvalue weighted by molar-refractivity contribution is 5.89. The largest absolute Gasteiger partial charge is 0.494 e. The van der Waals surface area contributed by atoms with Gasteiger partial charge in [0.1, 0.15) is 5.75 Å². The van der Waals surface area contributed by atoms with Gasteiger partial charge in [0.15, 0.2) is 0 Å². The maximum atomic E-state index is 12.7. The molecule has 0 radical (unpaired) electrons. The second-order valence-corrected chi connectivity index (χ2v) is 9.29. The SMILES string of the molecule is CCCCCCCCOc1ccc(C(=O)ON2C(C)(C)CCCC2(C)C)cc1. The van der Waals surface area contributed by atoms with Crippen LogP contribution >= 0.6 is 0 Å². The first-order valence-corrected chi connectivity index (χ1v) is 11.0. The Bertz CT molecular complexity index is 591. The summed E-state index contributed by atoms with van der Waals surface area (Å²) >= 11 is 0. The van der Waals surface area contributed by atoms with Crippen LogP contribution in [0.3, 0.4) is 0 Å². The Hall–Kier alpha value is -1.55. The highest BCUT2D eigenvalue weighted by Gasteiger charge is 2.44. The number of hydrogen-bond donors (Lipinski definition) is 0. The Kier molecular flexibility index (Phi) is 8.36. The molecule has 1 aromatic carbocycles. The van der Waals surface area contributed by atoms with Crippen molar-refractivity contribution in [2.24, 2.45) is 0 Å². The first-order valence-electron chi connectivity index (χ1n) is 11.0. The molecule has 4 nitrogen and oxygen atoms in total. The van der Waals surface area contributed by atoms with Crippen LogP contribution in [0.4, 0.5) is 0 Å². The van der Waals surface area contributed by atoms with Crippen LogP contribution in [-0.4, -0.2) is 28.7 Å². The van der Waals surface area contributed by atoms with Crippen LogP contribution in [-0.2, 0) is 4.84 Å². The van der Waals surface area contributed by atoms with Crippen molar-refractivity contribution in [3.8, 4) is 5.75 Å². The minimum atomic E-state index is -0.300. The van der Waals surface area contributed by atoms with E-state index in [1.54, 1.807) is 12.1 Å². The zero-order valence-electron chi connectivity index (χ0n) is 18.6. The minimum absolute atomic E-state index is 0.155. The van der Waals surface area contributed by atoms with Gasteiger partial charge in [0.05, 0.1) is 23.2 Å². The summed E-state index contributed by atoms with van der Waals surface area (Å²) in [5.41, 5.74) is 0.249. The van der Waals surface area contributed by atoms with E-state index in [1.807, 2.05) is 17.2 Å². The van der Waals surface area contributed by atoms with Crippen LogP contribution in [0.5, 0.6) is 5.75 Å². The van der Waals surface area contributed by atoms with Gasteiger partial charge in [-0.05, 0) is 77.6 Å². The van der Waals surface area contributed by atoms with Crippen molar-refractivity contribution in [2.75, 3.05) is 6.61 Å². The average molecular weight is 390 g/mol. The number of hydrogen-bond acceptors (Lipinski definition) is 4. The molecular weight excluding hydrogens is 350 g/mol. The van der Waals surface area contributed by atoms with E-state index >= 15 is 0 Å². The molecule has 4 heteroatoms. The summed E-state index contributed by atoms with van der Waals surface area (Å²) in [5.74, 6) is 0.509. The van der Waals surface area contributed by atoms with Gasteiger partial charge < -0.3 is 9.57 Å². The van der Waals surface area contributed by atoms with Gasteiger partial charge >= 0.3 is 5.97 Å². The highest BCUT2D eigenvalue weighted by Crippen LogP contribution is 2.38. The zero-order valence-corrected chi connectivity index (χ0v) is 18.6. The lowest BCUT2D eigenvalue weighted by atomic mass is 9.82. The van der Waals surface area contributed by atoms with Crippen molar-refractivity contribution in [1.82, 2.24) is 5.06 Å². The van der Waals surface area contributed by atoms with Crippen LogP contribution in [0.1, 0.15) is 103 Å². The number of nitrogens with zero attached hydrogens (tertiary/aromatic N) is 1. The summed E-state index contributed by atoms with van der Waals surface area (Å²) in [6.45, 7) is 11.5. The van der Waals surface area contributed by atoms with Gasteiger partial charge in [-0.25, -0.2) is 4.79 Å². The number of rotatable bonds is 10. The molecule has 0 spiro atoms. The van der Waals surface area contributed by atoms with E-state index in [0.29, 0.717) is 5.56 Å². The summed E-state index contributed by atoms with van der Waals surface area (Å²) < 4.78 is 5.80. The van der Waals surface area contributed by atoms with Crippen molar-refractivity contribution in [2.45, 2.75) is 103 Å². The molecule has 0 aromatic heterocycles. The van der Waals surface area contributed by atoms with Crippen LogP contribution in [0, 0.1) is 0 Å². The van der Waals surface area contributed by atoms with Crippen molar-refractivity contribution < 1.29 is 14.4 Å². The molecule has 0 aliphatic carbocycles. The number of ether oxygens (including phenoxy) is 1. The molecule has 1 aromatic rings. The molecular formula is C24H39NO3. The van der Waals surface area contributed by atoms with E-state index in [2.05, 4.69) is 34.6 Å². The molecule has 1 heterocycles. The number of carbonyl (C=O) groups is 1. The predicted octanol–water partition coefficient (Wildman–Crippen LogP) is 6.54. The smallest absolute Gasteiger partial charge is 0.357 e. The fourth-order valence-electron chi connectivity index (χ4n) is 4.12. The Morgan fingerprint density at radius 1 is 0.929 bits per heavy atom. The summed E-state index contributed by atoms with van der Waals surface area (Å²) in [6.07, 6.45) is 10.7. The molecule has 158 valence electrons. The highest BCUT2D eigenvalue weighted by atomic mass is 16.7. The molecule has 0 bridgehead atoms. The van der Waals surface area contributed by atoms with E-state index in [9.17, 15) is 4.79 Å². The second-order valence-electron chi connectivity index (χ2n) is 9.29. The maximum Gasteiger partial charge on any atom is 0.357 e. The average Bonchev–Trinajstić information content (AvgIpc) is 2.64. The molecule has 0 atom stereocenters. The molecule has 2 rings (SSSR count). The Morgan fingerprint density at radius 2 is 1.50 bits per heavy atom. The topological polar surface area (TPSA) is 38.8 Å². The standard InChI is InChI=1S/C24H39NO3/c1-6-7-8-9-10-11-19-27-21-15-13-20(14-16-21)22(26)28-25-23(2,3)17-12-18-24(25,4)5/h13-16H,6-12,17-19H2,1-5H3. The van der Waals surface area contributed by atoms with E-state index < -0.39 is 0 Å². The van der Waals surface area contributed by atoms with Crippen molar-refractivity contribution in [3.05, 3.63) is 29.8 Å². The first-order chi connectivity index (χ1) is 13.3. The number of unbranched alkanes of at least 4 members (excludes halogenated alkanes) is 5. The van der Waals surface area contributed by atoms with Crippen LogP contribution in [0.2, 0.25) is 0 Å². The van der Waals surface area contributed by atoms with Gasteiger partial charge in [0, 0.05) is 0 Å². The molecule has 0 saturated carbocycles. The number of carbonyl (C=O) groups excluding carboxylic acids is 1. The second kappa shape index (κ2) is 10.3. The molecule has 1 aliphatic heterocycles. The number of benzene rings is 1. The summed E-state index contributed by atoms with van der Waals surface area (Å²) in [6, 6.07) is 7.31. The Balaban J connectivity index is 1.83. The molecule has 0 N–H and O–H groups in total. The molecule has 0 amide bonds. The van der Waals surface area contributed by atoms with E-state index in [0.717, 1.165) is 38.0 Å². The Labute approximate surface area is 171 Å². The quantitative estimate of drug-likeness (QED) is 0.426. The van der Waals surface area contributed by atoms with Crippen LogP contribution in [0.25, 0.3) is 0 Å². The van der Waals surface area contributed by atoms with Crippen molar-refractivity contribution >= 4 is 5.97 Å². The van der Waals surface area contributed by atoms with Crippen LogP contribution in [0.15, 0.2) is 24.3 Å². The fourth-order valence-corrected chi connectivity index (χ4v) is 4.12. The lowest BCUT2D eigenvalue weighted by Crippen LogP contribution is -2.58. The summed E-state index contributed by atoms with van der Waals surface area (Å²) in [5, 5.41) is 1.90. The molecule has 1 aliphatic rings. The van der Waals surface area contributed by atoms with E-state index in [-0.39, 0.29) is 17.0 Å². The van der Waals surface area contributed by atoms with Gasteiger partial charge in [-0.3, -0.25) is 0 Å². The van der Waals surface area contributed by atoms with Crippen LogP contribution < -0.4 is 4.74 Å². The van der Waals surface area contributed by atoms with Crippen molar-refractivity contribution in [3.63, 3.8) is 0 Å².